The molecule has 0 saturated carbocycles. The van der Waals surface area contributed by atoms with Gasteiger partial charge in [-0.05, 0) is 37.7 Å². The Balaban J connectivity index is 2.05. The van der Waals surface area contributed by atoms with Gasteiger partial charge in [0.05, 0.1) is 17.8 Å². The van der Waals surface area contributed by atoms with E-state index in [2.05, 4.69) is 63.5 Å². The van der Waals surface area contributed by atoms with Crippen LogP contribution >= 0.6 is 0 Å². The number of hydrogen-bond acceptors (Lipinski definition) is 2. The van der Waals surface area contributed by atoms with Gasteiger partial charge in [0.15, 0.2) is 0 Å². The SMILES string of the molecule is CNCCC(c1ccccc1)n1ccc2ccncc21. The van der Waals surface area contributed by atoms with Crippen molar-refractivity contribution in [2.24, 2.45) is 0 Å². The summed E-state index contributed by atoms with van der Waals surface area (Å²) in [5.74, 6) is 0. The van der Waals surface area contributed by atoms with Gasteiger partial charge < -0.3 is 9.88 Å². The highest BCUT2D eigenvalue weighted by Crippen LogP contribution is 2.26. The summed E-state index contributed by atoms with van der Waals surface area (Å²) in [7, 11) is 2.00. The molecule has 20 heavy (non-hydrogen) atoms. The van der Waals surface area contributed by atoms with Crippen molar-refractivity contribution in [3.05, 3.63) is 66.6 Å². The average molecular weight is 265 g/mol. The van der Waals surface area contributed by atoms with Gasteiger partial charge in [-0.25, -0.2) is 0 Å². The zero-order valence-electron chi connectivity index (χ0n) is 11.7. The van der Waals surface area contributed by atoms with Crippen LogP contribution in [0.4, 0.5) is 0 Å². The maximum atomic E-state index is 4.27. The van der Waals surface area contributed by atoms with Crippen LogP contribution in [0, 0.1) is 0 Å². The number of hydrogen-bond donors (Lipinski definition) is 1. The fraction of sp³-hybridized carbons (Fsp3) is 0.235. The summed E-state index contributed by atoms with van der Waals surface area (Å²) >= 11 is 0. The van der Waals surface area contributed by atoms with E-state index in [1.807, 2.05) is 19.4 Å². The molecule has 3 rings (SSSR count). The normalized spacial score (nSPS) is 12.7. The van der Waals surface area contributed by atoms with Gasteiger partial charge in [0, 0.05) is 17.8 Å². The summed E-state index contributed by atoms with van der Waals surface area (Å²) in [5.41, 5.74) is 2.53. The molecule has 0 aliphatic rings. The van der Waals surface area contributed by atoms with Crippen molar-refractivity contribution >= 4 is 10.9 Å². The predicted molar refractivity (Wildman–Crippen MR) is 82.9 cm³/mol. The van der Waals surface area contributed by atoms with E-state index in [-0.39, 0.29) is 0 Å². The second-order valence-corrected chi connectivity index (χ2v) is 4.98. The van der Waals surface area contributed by atoms with E-state index >= 15 is 0 Å². The Morgan fingerprint density at radius 1 is 1.15 bits per heavy atom. The highest BCUT2D eigenvalue weighted by Gasteiger charge is 2.14. The molecular formula is C17H19N3. The summed E-state index contributed by atoms with van der Waals surface area (Å²) in [6.45, 7) is 0.986. The highest BCUT2D eigenvalue weighted by atomic mass is 15.0. The Hall–Kier alpha value is -2.13. The van der Waals surface area contributed by atoms with Crippen LogP contribution in [0.15, 0.2) is 61.1 Å². The van der Waals surface area contributed by atoms with Gasteiger partial charge in [-0.2, -0.15) is 0 Å². The van der Waals surface area contributed by atoms with E-state index in [0.29, 0.717) is 6.04 Å². The second kappa shape index (κ2) is 5.88. The van der Waals surface area contributed by atoms with Crippen molar-refractivity contribution < 1.29 is 0 Å². The number of nitrogens with one attached hydrogen (secondary N) is 1. The number of fused-ring (bicyclic) bond motifs is 1. The topological polar surface area (TPSA) is 29.9 Å². The molecule has 2 heterocycles. The third-order valence-corrected chi connectivity index (χ3v) is 3.71. The minimum Gasteiger partial charge on any atom is -0.339 e. The first-order valence-electron chi connectivity index (χ1n) is 7.00. The minimum absolute atomic E-state index is 0.338. The highest BCUT2D eigenvalue weighted by molar-refractivity contribution is 5.79. The fourth-order valence-electron chi connectivity index (χ4n) is 2.69. The first-order valence-corrected chi connectivity index (χ1v) is 7.00. The second-order valence-electron chi connectivity index (χ2n) is 4.98. The molecule has 0 fully saturated rings. The summed E-state index contributed by atoms with van der Waals surface area (Å²) < 4.78 is 2.33. The van der Waals surface area contributed by atoms with E-state index in [9.17, 15) is 0 Å². The van der Waals surface area contributed by atoms with Crippen LogP contribution in [0.1, 0.15) is 18.0 Å². The Labute approximate surface area is 119 Å². The Bertz CT molecular complexity index is 673. The van der Waals surface area contributed by atoms with Crippen LogP contribution in [0.3, 0.4) is 0 Å². The lowest BCUT2D eigenvalue weighted by molar-refractivity contribution is 0.539. The summed E-state index contributed by atoms with van der Waals surface area (Å²) in [6.07, 6.45) is 7.02. The first kappa shape index (κ1) is 12.9. The molecule has 0 saturated heterocycles. The lowest BCUT2D eigenvalue weighted by Gasteiger charge is -2.20. The van der Waals surface area contributed by atoms with Crippen molar-refractivity contribution in [1.29, 1.82) is 0 Å². The molecule has 1 unspecified atom stereocenters. The number of rotatable bonds is 5. The van der Waals surface area contributed by atoms with Crippen molar-refractivity contribution in [2.75, 3.05) is 13.6 Å². The molecule has 0 aliphatic carbocycles. The lowest BCUT2D eigenvalue weighted by Crippen LogP contribution is -2.17. The summed E-state index contributed by atoms with van der Waals surface area (Å²) in [6, 6.07) is 15.2. The quantitative estimate of drug-likeness (QED) is 0.767. The third kappa shape index (κ3) is 2.45. The molecule has 3 heteroatoms. The smallest absolute Gasteiger partial charge is 0.0672 e. The fourth-order valence-corrected chi connectivity index (χ4v) is 2.69. The molecule has 1 atom stereocenters. The van der Waals surface area contributed by atoms with Gasteiger partial charge in [0.1, 0.15) is 0 Å². The van der Waals surface area contributed by atoms with Crippen LogP contribution in [0.25, 0.3) is 10.9 Å². The Morgan fingerprint density at radius 2 is 2.00 bits per heavy atom. The van der Waals surface area contributed by atoms with Crippen LogP contribution < -0.4 is 5.32 Å². The van der Waals surface area contributed by atoms with Crippen molar-refractivity contribution in [3.8, 4) is 0 Å². The molecular weight excluding hydrogens is 246 g/mol. The van der Waals surface area contributed by atoms with E-state index in [4.69, 9.17) is 0 Å². The molecule has 102 valence electrons. The summed E-state index contributed by atoms with van der Waals surface area (Å²) in [4.78, 5) is 4.27. The standard InChI is InChI=1S/C17H19N3/c1-18-10-8-16(14-5-3-2-4-6-14)20-12-9-15-7-11-19-13-17(15)20/h2-7,9,11-13,16,18H,8,10H2,1H3. The molecule has 0 amide bonds. The predicted octanol–water partition coefficient (Wildman–Crippen LogP) is 3.24. The van der Waals surface area contributed by atoms with Crippen LogP contribution in [0.5, 0.6) is 0 Å². The number of benzene rings is 1. The van der Waals surface area contributed by atoms with E-state index in [1.165, 1.54) is 16.5 Å². The zero-order valence-corrected chi connectivity index (χ0v) is 11.7. The first-order chi connectivity index (χ1) is 9.90. The van der Waals surface area contributed by atoms with Crippen LogP contribution in [-0.4, -0.2) is 23.1 Å². The largest absolute Gasteiger partial charge is 0.339 e. The van der Waals surface area contributed by atoms with Gasteiger partial charge in [0.2, 0.25) is 0 Å². The summed E-state index contributed by atoms with van der Waals surface area (Å²) in [5, 5.41) is 4.49. The zero-order chi connectivity index (χ0) is 13.8. The molecule has 0 bridgehead atoms. The van der Waals surface area contributed by atoms with E-state index in [1.54, 1.807) is 0 Å². The van der Waals surface area contributed by atoms with Crippen LogP contribution in [-0.2, 0) is 0 Å². The van der Waals surface area contributed by atoms with Crippen molar-refractivity contribution in [2.45, 2.75) is 12.5 Å². The molecule has 0 spiro atoms. The number of pyridine rings is 1. The van der Waals surface area contributed by atoms with Gasteiger partial charge in [-0.15, -0.1) is 0 Å². The number of aromatic nitrogens is 2. The minimum atomic E-state index is 0.338. The van der Waals surface area contributed by atoms with Gasteiger partial charge >= 0.3 is 0 Å². The van der Waals surface area contributed by atoms with Crippen molar-refractivity contribution in [1.82, 2.24) is 14.9 Å². The molecule has 3 aromatic rings. The van der Waals surface area contributed by atoms with E-state index < -0.39 is 0 Å². The molecule has 0 radical (unpaired) electrons. The van der Waals surface area contributed by atoms with Gasteiger partial charge in [-0.3, -0.25) is 4.98 Å². The maximum absolute atomic E-state index is 4.27. The number of nitrogens with zero attached hydrogens (tertiary/aromatic N) is 2. The Morgan fingerprint density at radius 3 is 2.80 bits per heavy atom. The third-order valence-electron chi connectivity index (χ3n) is 3.71. The Kier molecular flexibility index (Phi) is 3.79. The monoisotopic (exact) mass is 265 g/mol. The van der Waals surface area contributed by atoms with Crippen LogP contribution in [0.2, 0.25) is 0 Å². The van der Waals surface area contributed by atoms with Gasteiger partial charge in [0.25, 0.3) is 0 Å². The molecule has 0 aliphatic heterocycles. The van der Waals surface area contributed by atoms with Gasteiger partial charge in [-0.1, -0.05) is 30.3 Å². The molecule has 1 aromatic carbocycles. The average Bonchev–Trinajstić information content (AvgIpc) is 2.93. The molecule has 3 nitrogen and oxygen atoms in total. The molecule has 2 aromatic heterocycles. The maximum Gasteiger partial charge on any atom is 0.0672 e. The molecule has 1 N–H and O–H groups in total. The van der Waals surface area contributed by atoms with Crippen molar-refractivity contribution in [3.63, 3.8) is 0 Å². The van der Waals surface area contributed by atoms with E-state index in [0.717, 1.165) is 13.0 Å². The lowest BCUT2D eigenvalue weighted by atomic mass is 10.0.